The van der Waals surface area contributed by atoms with Crippen LogP contribution < -0.4 is 9.47 Å². The number of methoxy groups -OCH3 is 2. The predicted octanol–water partition coefficient (Wildman–Crippen LogP) is 2.79. The number of hydrogen-bond donors (Lipinski definition) is 0. The van der Waals surface area contributed by atoms with Crippen molar-refractivity contribution in [2.45, 2.75) is 44.3 Å². The largest absolute Gasteiger partial charge is 0.497 e. The van der Waals surface area contributed by atoms with Crippen LogP contribution in [0.25, 0.3) is 0 Å². The van der Waals surface area contributed by atoms with Gasteiger partial charge in [-0.25, -0.2) is 0 Å². The Hall–Kier alpha value is -2.61. The van der Waals surface area contributed by atoms with E-state index < -0.39 is 0 Å². The maximum atomic E-state index is 13.0. The lowest BCUT2D eigenvalue weighted by molar-refractivity contribution is -0.00968. The highest BCUT2D eigenvalue weighted by Crippen LogP contribution is 2.38. The molecule has 1 aromatic heterocycles. The maximum absolute atomic E-state index is 13.0. The van der Waals surface area contributed by atoms with E-state index >= 15 is 0 Å². The third-order valence-corrected chi connectivity index (χ3v) is 5.16. The molecule has 8 heteroatoms. The van der Waals surface area contributed by atoms with Crippen molar-refractivity contribution in [3.63, 3.8) is 0 Å². The lowest BCUT2D eigenvalue weighted by Crippen LogP contribution is -2.43. The predicted molar refractivity (Wildman–Crippen MR) is 99.5 cm³/mol. The summed E-state index contributed by atoms with van der Waals surface area (Å²) in [5.41, 5.74) is 0.524. The normalized spacial score (nSPS) is 19.5. The average Bonchev–Trinajstić information content (AvgIpc) is 3.49. The first-order valence-corrected chi connectivity index (χ1v) is 9.63. The third kappa shape index (κ3) is 4.11. The van der Waals surface area contributed by atoms with Crippen molar-refractivity contribution in [2.75, 3.05) is 27.3 Å². The Labute approximate surface area is 163 Å². The number of piperidine rings is 1. The Bertz CT molecular complexity index is 833. The second-order valence-corrected chi connectivity index (χ2v) is 7.22. The number of benzene rings is 1. The van der Waals surface area contributed by atoms with Gasteiger partial charge < -0.3 is 23.6 Å². The Balaban J connectivity index is 1.36. The van der Waals surface area contributed by atoms with Crippen LogP contribution >= 0.6 is 0 Å². The summed E-state index contributed by atoms with van der Waals surface area (Å²) in [6.45, 7) is 1.53. The molecule has 1 aliphatic carbocycles. The zero-order valence-electron chi connectivity index (χ0n) is 16.2. The third-order valence-electron chi connectivity index (χ3n) is 5.16. The van der Waals surface area contributed by atoms with E-state index in [1.54, 1.807) is 32.4 Å². The summed E-state index contributed by atoms with van der Waals surface area (Å²) >= 11 is 0. The molecule has 2 aromatic rings. The maximum Gasteiger partial charge on any atom is 0.257 e. The molecule has 28 heavy (non-hydrogen) atoms. The molecular weight excluding hydrogens is 362 g/mol. The Morgan fingerprint density at radius 3 is 2.86 bits per heavy atom. The highest BCUT2D eigenvalue weighted by Gasteiger charge is 2.30. The lowest BCUT2D eigenvalue weighted by atomic mass is 10.1. The molecule has 150 valence electrons. The van der Waals surface area contributed by atoms with E-state index in [1.807, 2.05) is 4.90 Å². The number of hydrogen-bond acceptors (Lipinski definition) is 7. The van der Waals surface area contributed by atoms with E-state index in [0.717, 1.165) is 25.7 Å². The number of ether oxygens (including phenoxy) is 3. The van der Waals surface area contributed by atoms with Crippen molar-refractivity contribution >= 4 is 5.91 Å². The van der Waals surface area contributed by atoms with E-state index in [4.69, 9.17) is 18.7 Å². The molecule has 2 aliphatic rings. The van der Waals surface area contributed by atoms with Crippen LogP contribution in [0, 0.1) is 0 Å². The highest BCUT2D eigenvalue weighted by atomic mass is 16.5. The van der Waals surface area contributed by atoms with E-state index in [0.29, 0.717) is 54.4 Å². The van der Waals surface area contributed by atoms with Crippen LogP contribution in [0.1, 0.15) is 53.7 Å². The van der Waals surface area contributed by atoms with Gasteiger partial charge in [-0.2, -0.15) is 4.98 Å². The van der Waals surface area contributed by atoms with Gasteiger partial charge in [0.15, 0.2) is 5.82 Å². The van der Waals surface area contributed by atoms with Gasteiger partial charge in [0.2, 0.25) is 5.89 Å². The van der Waals surface area contributed by atoms with Crippen molar-refractivity contribution in [1.29, 1.82) is 0 Å². The van der Waals surface area contributed by atoms with Gasteiger partial charge in [0.1, 0.15) is 18.1 Å². The first-order valence-electron chi connectivity index (χ1n) is 9.63. The van der Waals surface area contributed by atoms with Gasteiger partial charge in [0.05, 0.1) is 25.9 Å². The van der Waals surface area contributed by atoms with Crippen LogP contribution in [-0.4, -0.2) is 54.4 Å². The monoisotopic (exact) mass is 387 g/mol. The molecule has 0 radical (unpaired) electrons. The van der Waals surface area contributed by atoms with Crippen molar-refractivity contribution < 1.29 is 23.5 Å². The fourth-order valence-electron chi connectivity index (χ4n) is 3.42. The molecular formula is C20H25N3O5. The molecule has 2 fully saturated rings. The van der Waals surface area contributed by atoms with Crippen LogP contribution in [0.3, 0.4) is 0 Å². The fourth-order valence-corrected chi connectivity index (χ4v) is 3.42. The lowest BCUT2D eigenvalue weighted by Gasteiger charge is -2.32. The van der Waals surface area contributed by atoms with Gasteiger partial charge in [-0.05, 0) is 37.8 Å². The molecule has 1 atom stereocenters. The number of nitrogens with zero attached hydrogens (tertiary/aromatic N) is 3. The standard InChI is InChI=1S/C20H25N3O5/c1-25-14-7-8-16(17(10-14)26-2)20(24)23-9-3-4-15(11-23)27-12-18-21-19(28-22-18)13-5-6-13/h7-8,10,13,15H,3-6,9,11-12H2,1-2H3. The Morgan fingerprint density at radius 1 is 1.25 bits per heavy atom. The molecule has 1 aromatic carbocycles. The number of rotatable bonds is 7. The SMILES string of the molecule is COc1ccc(C(=O)N2CCCC(OCc3noc(C4CC4)n3)C2)c(OC)c1. The first kappa shape index (κ1) is 18.7. The molecule has 2 heterocycles. The zero-order chi connectivity index (χ0) is 19.5. The van der Waals surface area contributed by atoms with Crippen LogP contribution in [0.2, 0.25) is 0 Å². The summed E-state index contributed by atoms with van der Waals surface area (Å²) in [5, 5.41) is 3.98. The summed E-state index contributed by atoms with van der Waals surface area (Å²) in [7, 11) is 3.13. The molecule has 0 spiro atoms. The molecule has 1 saturated carbocycles. The number of likely N-dealkylation sites (tertiary alicyclic amines) is 1. The van der Waals surface area contributed by atoms with Crippen molar-refractivity contribution in [1.82, 2.24) is 15.0 Å². The second-order valence-electron chi connectivity index (χ2n) is 7.22. The van der Waals surface area contributed by atoms with Gasteiger partial charge in [-0.3, -0.25) is 4.79 Å². The minimum atomic E-state index is -0.0663. The van der Waals surface area contributed by atoms with Crippen molar-refractivity contribution in [3.05, 3.63) is 35.5 Å². The molecule has 1 amide bonds. The van der Waals surface area contributed by atoms with Crippen LogP contribution in [0.5, 0.6) is 11.5 Å². The zero-order valence-corrected chi connectivity index (χ0v) is 16.2. The minimum Gasteiger partial charge on any atom is -0.497 e. The van der Waals surface area contributed by atoms with E-state index in [9.17, 15) is 4.79 Å². The molecule has 0 bridgehead atoms. The summed E-state index contributed by atoms with van der Waals surface area (Å²) in [6.07, 6.45) is 3.98. The fraction of sp³-hybridized carbons (Fsp3) is 0.550. The smallest absolute Gasteiger partial charge is 0.257 e. The van der Waals surface area contributed by atoms with Gasteiger partial charge in [-0.1, -0.05) is 5.16 Å². The van der Waals surface area contributed by atoms with Crippen molar-refractivity contribution in [2.24, 2.45) is 0 Å². The van der Waals surface area contributed by atoms with Gasteiger partial charge in [0.25, 0.3) is 5.91 Å². The molecule has 8 nitrogen and oxygen atoms in total. The summed E-state index contributed by atoms with van der Waals surface area (Å²) in [5.74, 6) is 2.81. The number of carbonyl (C=O) groups excluding carboxylic acids is 1. The van der Waals surface area contributed by atoms with Crippen molar-refractivity contribution in [3.8, 4) is 11.5 Å². The van der Waals surface area contributed by atoms with E-state index in [2.05, 4.69) is 10.1 Å². The average molecular weight is 387 g/mol. The van der Waals surface area contributed by atoms with Gasteiger partial charge in [0, 0.05) is 25.1 Å². The van der Waals surface area contributed by atoms with E-state index in [1.165, 1.54) is 0 Å². The van der Waals surface area contributed by atoms with Crippen LogP contribution in [0.15, 0.2) is 22.7 Å². The second kappa shape index (κ2) is 8.18. The van der Waals surface area contributed by atoms with Gasteiger partial charge in [-0.15, -0.1) is 0 Å². The summed E-state index contributed by atoms with van der Waals surface area (Å²) in [4.78, 5) is 19.2. The Morgan fingerprint density at radius 2 is 2.11 bits per heavy atom. The molecule has 4 rings (SSSR count). The molecule has 0 N–H and O–H groups in total. The van der Waals surface area contributed by atoms with E-state index in [-0.39, 0.29) is 12.0 Å². The minimum absolute atomic E-state index is 0.0511. The Kier molecular flexibility index (Phi) is 5.47. The quantitative estimate of drug-likeness (QED) is 0.722. The molecule has 1 saturated heterocycles. The van der Waals surface area contributed by atoms with Gasteiger partial charge >= 0.3 is 0 Å². The van der Waals surface area contributed by atoms with Crippen LogP contribution in [-0.2, 0) is 11.3 Å². The van der Waals surface area contributed by atoms with Crippen LogP contribution in [0.4, 0.5) is 0 Å². The molecule has 1 aliphatic heterocycles. The first-order chi connectivity index (χ1) is 13.7. The number of carbonyl (C=O) groups is 1. The number of aromatic nitrogens is 2. The summed E-state index contributed by atoms with van der Waals surface area (Å²) in [6, 6.07) is 5.23. The topological polar surface area (TPSA) is 86.9 Å². The number of amides is 1. The summed E-state index contributed by atoms with van der Waals surface area (Å²) < 4.78 is 21.8. The molecule has 1 unspecified atom stereocenters. The highest BCUT2D eigenvalue weighted by molar-refractivity contribution is 5.97.